The van der Waals surface area contributed by atoms with E-state index in [1.807, 2.05) is 30.3 Å². The minimum Gasteiger partial charge on any atom is -0.444 e. The van der Waals surface area contributed by atoms with E-state index in [0.29, 0.717) is 33.3 Å². The number of nitrogens with one attached hydrogen (secondary N) is 3. The maximum absolute atomic E-state index is 12.2. The van der Waals surface area contributed by atoms with Crippen molar-refractivity contribution in [3.8, 4) is 17.5 Å². The summed E-state index contributed by atoms with van der Waals surface area (Å²) in [6.45, 7) is 0.131. The topological polar surface area (TPSA) is 142 Å². The zero-order chi connectivity index (χ0) is 23.0. The van der Waals surface area contributed by atoms with Crippen molar-refractivity contribution >= 4 is 29.1 Å². The van der Waals surface area contributed by atoms with E-state index in [4.69, 9.17) is 16.3 Å². The smallest absolute Gasteiger partial charge is 0.411 e. The molecule has 0 aliphatic heterocycles. The molecule has 4 aromatic rings. The van der Waals surface area contributed by atoms with Crippen molar-refractivity contribution in [3.63, 3.8) is 0 Å². The van der Waals surface area contributed by atoms with Crippen LogP contribution < -0.4 is 10.6 Å². The third-order valence-corrected chi connectivity index (χ3v) is 4.71. The quantitative estimate of drug-likeness (QED) is 0.369. The molecule has 0 saturated heterocycles. The number of nitriles is 1. The summed E-state index contributed by atoms with van der Waals surface area (Å²) in [4.78, 5) is 16.4. The van der Waals surface area contributed by atoms with Gasteiger partial charge >= 0.3 is 6.09 Å². The number of ether oxygens (including phenoxy) is 1. The molecular formula is C22H17ClN8O2. The second kappa shape index (κ2) is 10.2. The molecule has 2 aromatic heterocycles. The Labute approximate surface area is 193 Å². The maximum atomic E-state index is 12.2. The van der Waals surface area contributed by atoms with Crippen LogP contribution in [0.2, 0.25) is 5.02 Å². The summed E-state index contributed by atoms with van der Waals surface area (Å²) in [6.07, 6.45) is 2.52. The molecule has 0 fully saturated rings. The second-order valence-electron chi connectivity index (χ2n) is 6.86. The molecule has 0 saturated carbocycles. The van der Waals surface area contributed by atoms with Gasteiger partial charge < -0.3 is 10.1 Å². The summed E-state index contributed by atoms with van der Waals surface area (Å²) in [5, 5.41) is 29.6. The lowest BCUT2D eigenvalue weighted by Gasteiger charge is -2.15. The summed E-state index contributed by atoms with van der Waals surface area (Å²) >= 11 is 6.23. The number of rotatable bonds is 7. The van der Waals surface area contributed by atoms with Gasteiger partial charge in [0.05, 0.1) is 18.0 Å². The molecule has 0 radical (unpaired) electrons. The molecule has 0 spiro atoms. The molecule has 10 nitrogen and oxygen atoms in total. The number of amides is 1. The van der Waals surface area contributed by atoms with Gasteiger partial charge in [0.25, 0.3) is 0 Å². The van der Waals surface area contributed by atoms with E-state index in [9.17, 15) is 10.1 Å². The SMILES string of the molecule is N#C[C@H](Nc1cncc(-c2nn[nH]n2)c1)c1cc(Cl)cc(NC(=O)OCc2ccccc2)c1. The molecule has 0 bridgehead atoms. The first-order valence-corrected chi connectivity index (χ1v) is 10.1. The average Bonchev–Trinajstić information content (AvgIpc) is 3.37. The Morgan fingerprint density at radius 2 is 2.00 bits per heavy atom. The molecule has 11 heteroatoms. The standard InChI is InChI=1S/C22H17ClN8O2/c23-17-6-15(7-18(9-17)27-22(32)33-13-14-4-2-1-3-5-14)20(10-24)26-19-8-16(11-25-12-19)21-28-30-31-29-21/h1-9,11-12,20,26H,13H2,(H,27,32)(H,28,29,30,31)/t20-/m0/s1. The Morgan fingerprint density at radius 3 is 2.76 bits per heavy atom. The van der Waals surface area contributed by atoms with Crippen LogP contribution in [-0.2, 0) is 11.3 Å². The number of tetrazole rings is 1. The van der Waals surface area contributed by atoms with Crippen LogP contribution in [0.5, 0.6) is 0 Å². The lowest BCUT2D eigenvalue weighted by atomic mass is 10.1. The Morgan fingerprint density at radius 1 is 1.15 bits per heavy atom. The normalized spacial score (nSPS) is 11.3. The van der Waals surface area contributed by atoms with E-state index < -0.39 is 12.1 Å². The van der Waals surface area contributed by atoms with Crippen LogP contribution in [0.25, 0.3) is 11.4 Å². The molecule has 2 heterocycles. The number of carbonyl (C=O) groups is 1. The molecular weight excluding hydrogens is 444 g/mol. The molecule has 0 aliphatic rings. The van der Waals surface area contributed by atoms with Crippen LogP contribution in [-0.4, -0.2) is 31.7 Å². The van der Waals surface area contributed by atoms with Gasteiger partial charge in [0, 0.05) is 22.5 Å². The highest BCUT2D eigenvalue weighted by Gasteiger charge is 2.15. The van der Waals surface area contributed by atoms with E-state index in [1.165, 1.54) is 0 Å². The number of H-pyrrole nitrogens is 1. The molecule has 0 unspecified atom stereocenters. The highest BCUT2D eigenvalue weighted by Crippen LogP contribution is 2.27. The van der Waals surface area contributed by atoms with Crippen molar-refractivity contribution in [2.75, 3.05) is 10.6 Å². The molecule has 2 aromatic carbocycles. The number of hydrogen-bond acceptors (Lipinski definition) is 8. The van der Waals surface area contributed by atoms with E-state index in [-0.39, 0.29) is 6.61 Å². The number of halogens is 1. The van der Waals surface area contributed by atoms with Crippen LogP contribution in [0, 0.1) is 11.3 Å². The molecule has 0 aliphatic carbocycles. The van der Waals surface area contributed by atoms with Gasteiger partial charge in [0.15, 0.2) is 0 Å². The third-order valence-electron chi connectivity index (χ3n) is 4.49. The van der Waals surface area contributed by atoms with E-state index in [1.54, 1.807) is 36.7 Å². The molecule has 4 rings (SSSR count). The Bertz CT molecular complexity index is 1280. The Kier molecular flexibility index (Phi) is 6.73. The fraction of sp³-hybridized carbons (Fsp3) is 0.0909. The molecule has 33 heavy (non-hydrogen) atoms. The third kappa shape index (κ3) is 5.81. The predicted octanol–water partition coefficient (Wildman–Crippen LogP) is 4.34. The zero-order valence-corrected chi connectivity index (χ0v) is 17.8. The lowest BCUT2D eigenvalue weighted by Crippen LogP contribution is -2.14. The Balaban J connectivity index is 1.46. The number of aromatic amines is 1. The average molecular weight is 461 g/mol. The number of benzene rings is 2. The highest BCUT2D eigenvalue weighted by atomic mass is 35.5. The van der Waals surface area contributed by atoms with Gasteiger partial charge in [-0.25, -0.2) is 4.79 Å². The minimum atomic E-state index is -0.771. The molecule has 1 atom stereocenters. The molecule has 3 N–H and O–H groups in total. The highest BCUT2D eigenvalue weighted by molar-refractivity contribution is 6.31. The van der Waals surface area contributed by atoms with E-state index in [2.05, 4.69) is 42.3 Å². The summed E-state index contributed by atoms with van der Waals surface area (Å²) in [7, 11) is 0. The summed E-state index contributed by atoms with van der Waals surface area (Å²) in [5.74, 6) is 0.378. The van der Waals surface area contributed by atoms with Crippen molar-refractivity contribution < 1.29 is 9.53 Å². The monoisotopic (exact) mass is 460 g/mol. The summed E-state index contributed by atoms with van der Waals surface area (Å²) in [6, 6.07) is 17.3. The van der Waals surface area contributed by atoms with E-state index in [0.717, 1.165) is 5.56 Å². The first kappa shape index (κ1) is 21.7. The number of nitrogens with zero attached hydrogens (tertiary/aromatic N) is 5. The molecule has 1 amide bonds. The van der Waals surface area contributed by atoms with Crippen LogP contribution in [0.3, 0.4) is 0 Å². The lowest BCUT2D eigenvalue weighted by molar-refractivity contribution is 0.155. The first-order chi connectivity index (χ1) is 16.1. The number of hydrogen-bond donors (Lipinski definition) is 3. The van der Waals surface area contributed by atoms with Gasteiger partial charge in [0.1, 0.15) is 12.6 Å². The fourth-order valence-corrected chi connectivity index (χ4v) is 3.25. The van der Waals surface area contributed by atoms with Crippen LogP contribution in [0.4, 0.5) is 16.2 Å². The van der Waals surface area contributed by atoms with Gasteiger partial charge in [-0.05, 0) is 40.6 Å². The van der Waals surface area contributed by atoms with Crippen LogP contribution in [0.1, 0.15) is 17.2 Å². The summed E-state index contributed by atoms with van der Waals surface area (Å²) < 4.78 is 5.24. The van der Waals surface area contributed by atoms with Gasteiger partial charge in [-0.3, -0.25) is 10.3 Å². The van der Waals surface area contributed by atoms with Gasteiger partial charge in [-0.2, -0.15) is 10.5 Å². The van der Waals surface area contributed by atoms with Crippen LogP contribution in [0.15, 0.2) is 67.0 Å². The minimum absolute atomic E-state index is 0.131. The predicted molar refractivity (Wildman–Crippen MR) is 121 cm³/mol. The number of carbonyl (C=O) groups excluding carboxylic acids is 1. The number of pyridine rings is 1. The fourth-order valence-electron chi connectivity index (χ4n) is 3.01. The van der Waals surface area contributed by atoms with Crippen molar-refractivity contribution in [3.05, 3.63) is 83.1 Å². The van der Waals surface area contributed by atoms with Crippen molar-refractivity contribution in [1.82, 2.24) is 25.6 Å². The van der Waals surface area contributed by atoms with Gasteiger partial charge in [0.2, 0.25) is 5.82 Å². The van der Waals surface area contributed by atoms with E-state index >= 15 is 0 Å². The summed E-state index contributed by atoms with van der Waals surface area (Å²) in [5.41, 5.74) is 3.01. The zero-order valence-electron chi connectivity index (χ0n) is 17.1. The van der Waals surface area contributed by atoms with Gasteiger partial charge in [-0.15, -0.1) is 10.2 Å². The molecule has 164 valence electrons. The largest absolute Gasteiger partial charge is 0.444 e. The maximum Gasteiger partial charge on any atom is 0.411 e. The number of aromatic nitrogens is 5. The first-order valence-electron chi connectivity index (χ1n) is 9.74. The van der Waals surface area contributed by atoms with Crippen molar-refractivity contribution in [1.29, 1.82) is 5.26 Å². The Hall–Kier alpha value is -4.49. The van der Waals surface area contributed by atoms with Crippen LogP contribution >= 0.6 is 11.6 Å². The van der Waals surface area contributed by atoms with Crippen molar-refractivity contribution in [2.45, 2.75) is 12.6 Å². The second-order valence-corrected chi connectivity index (χ2v) is 7.30. The van der Waals surface area contributed by atoms with Crippen molar-refractivity contribution in [2.24, 2.45) is 0 Å². The number of anilines is 2. The van der Waals surface area contributed by atoms with Gasteiger partial charge in [-0.1, -0.05) is 41.9 Å².